The van der Waals surface area contributed by atoms with Gasteiger partial charge in [-0.3, -0.25) is 4.79 Å². The van der Waals surface area contributed by atoms with E-state index in [0.717, 1.165) is 38.8 Å². The first-order chi connectivity index (χ1) is 9.27. The van der Waals surface area contributed by atoms with E-state index in [1.54, 1.807) is 0 Å². The summed E-state index contributed by atoms with van der Waals surface area (Å²) in [7, 11) is 0. The summed E-state index contributed by atoms with van der Waals surface area (Å²) in [6, 6.07) is 0. The van der Waals surface area contributed by atoms with Crippen LogP contribution >= 0.6 is 0 Å². The number of hydrogen-bond donors (Lipinski definition) is 2. The second kappa shape index (κ2) is 6.65. The number of hydrogen-bond acceptors (Lipinski definition) is 5. The third kappa shape index (κ3) is 3.53. The molecular weight excluding hydrogens is 244 g/mol. The van der Waals surface area contributed by atoms with Crippen LogP contribution in [0.5, 0.6) is 0 Å². The molecule has 1 amide bonds. The van der Waals surface area contributed by atoms with Crippen LogP contribution in [0.3, 0.4) is 0 Å². The lowest BCUT2D eigenvalue weighted by atomic mass is 9.76. The minimum absolute atomic E-state index is 0.154. The van der Waals surface area contributed by atoms with Crippen molar-refractivity contribution in [3.05, 3.63) is 12.2 Å². The fourth-order valence-electron chi connectivity index (χ4n) is 2.74. The molecule has 1 aliphatic heterocycles. The second-order valence-electron chi connectivity index (χ2n) is 5.15. The molecule has 6 heteroatoms. The molecule has 2 rings (SSSR count). The van der Waals surface area contributed by atoms with Crippen LogP contribution in [-0.4, -0.2) is 35.7 Å². The maximum atomic E-state index is 12.4. The van der Waals surface area contributed by atoms with Gasteiger partial charge in [0.15, 0.2) is 6.33 Å². The zero-order valence-corrected chi connectivity index (χ0v) is 11.4. The van der Waals surface area contributed by atoms with E-state index in [1.165, 1.54) is 6.33 Å². The zero-order valence-electron chi connectivity index (χ0n) is 11.4. The molecule has 1 aliphatic rings. The molecule has 2 heterocycles. The van der Waals surface area contributed by atoms with Crippen molar-refractivity contribution in [1.29, 1.82) is 0 Å². The Balaban J connectivity index is 1.85. The number of rotatable bonds is 6. The van der Waals surface area contributed by atoms with Crippen LogP contribution < -0.4 is 10.6 Å². The van der Waals surface area contributed by atoms with Gasteiger partial charge in [0.25, 0.3) is 0 Å². The summed E-state index contributed by atoms with van der Waals surface area (Å²) < 4.78 is 4.91. The Morgan fingerprint density at radius 2 is 2.53 bits per heavy atom. The monoisotopic (exact) mass is 266 g/mol. The Hall–Kier alpha value is -1.43. The molecule has 1 aromatic rings. The van der Waals surface area contributed by atoms with Gasteiger partial charge in [-0.05, 0) is 25.8 Å². The first-order valence-electron chi connectivity index (χ1n) is 7.01. The Kier molecular flexibility index (Phi) is 4.90. The van der Waals surface area contributed by atoms with E-state index < -0.39 is 0 Å². The number of carbonyl (C=O) groups is 1. The van der Waals surface area contributed by atoms with Gasteiger partial charge in [0, 0.05) is 19.5 Å². The molecule has 0 saturated carbocycles. The number of nitrogens with zero attached hydrogens (tertiary/aromatic N) is 2. The van der Waals surface area contributed by atoms with Gasteiger partial charge in [-0.2, -0.15) is 4.98 Å². The summed E-state index contributed by atoms with van der Waals surface area (Å²) in [5, 5.41) is 9.90. The maximum Gasteiger partial charge on any atom is 0.228 e. The van der Waals surface area contributed by atoms with E-state index in [4.69, 9.17) is 4.52 Å². The van der Waals surface area contributed by atoms with Crippen LogP contribution in [0.1, 0.15) is 38.5 Å². The number of aromatic nitrogens is 2. The van der Waals surface area contributed by atoms with E-state index in [9.17, 15) is 4.79 Å². The van der Waals surface area contributed by atoms with Crippen LogP contribution in [0, 0.1) is 5.41 Å². The van der Waals surface area contributed by atoms with Gasteiger partial charge in [-0.1, -0.05) is 18.5 Å². The largest absolute Gasteiger partial charge is 0.355 e. The van der Waals surface area contributed by atoms with Crippen molar-refractivity contribution < 1.29 is 9.32 Å². The lowest BCUT2D eigenvalue weighted by Gasteiger charge is -2.36. The summed E-state index contributed by atoms with van der Waals surface area (Å²) in [6.45, 7) is 4.47. The quantitative estimate of drug-likeness (QED) is 0.799. The fraction of sp³-hybridized carbons (Fsp3) is 0.769. The first kappa shape index (κ1) is 14.0. The molecule has 0 aliphatic carbocycles. The predicted molar refractivity (Wildman–Crippen MR) is 70.5 cm³/mol. The Morgan fingerprint density at radius 1 is 1.63 bits per heavy atom. The molecule has 1 atom stereocenters. The van der Waals surface area contributed by atoms with Gasteiger partial charge >= 0.3 is 0 Å². The van der Waals surface area contributed by atoms with Crippen LogP contribution in [0.4, 0.5) is 0 Å². The Labute approximate surface area is 113 Å². The highest BCUT2D eigenvalue weighted by Gasteiger charge is 2.38. The fourth-order valence-corrected chi connectivity index (χ4v) is 2.74. The van der Waals surface area contributed by atoms with Crippen molar-refractivity contribution in [3.8, 4) is 0 Å². The molecule has 1 saturated heterocycles. The molecule has 1 unspecified atom stereocenters. The zero-order chi connectivity index (χ0) is 13.6. The normalized spacial score (nSPS) is 23.2. The van der Waals surface area contributed by atoms with Crippen molar-refractivity contribution in [1.82, 2.24) is 20.8 Å². The first-order valence-corrected chi connectivity index (χ1v) is 7.01. The number of carbonyl (C=O) groups excluding carboxylic acids is 1. The predicted octanol–water partition coefficient (Wildman–Crippen LogP) is 0.898. The topological polar surface area (TPSA) is 80.1 Å². The molecule has 6 nitrogen and oxygen atoms in total. The molecular formula is C13H22N4O2. The smallest absolute Gasteiger partial charge is 0.228 e. The summed E-state index contributed by atoms with van der Waals surface area (Å²) >= 11 is 0. The lowest BCUT2D eigenvalue weighted by molar-refractivity contribution is -0.132. The number of amides is 1. The molecule has 1 aromatic heterocycles. The van der Waals surface area contributed by atoms with Gasteiger partial charge in [-0.15, -0.1) is 0 Å². The SMILES string of the molecule is CCCC1(C(=O)NCCc2ncno2)CCCNC1. The summed E-state index contributed by atoms with van der Waals surface area (Å²) in [6.07, 6.45) is 5.96. The minimum atomic E-state index is -0.234. The Morgan fingerprint density at radius 3 is 3.16 bits per heavy atom. The van der Waals surface area contributed by atoms with Gasteiger partial charge in [0.05, 0.1) is 5.41 Å². The molecule has 0 spiro atoms. The number of nitrogens with one attached hydrogen (secondary N) is 2. The van der Waals surface area contributed by atoms with Crippen molar-refractivity contribution in [2.75, 3.05) is 19.6 Å². The van der Waals surface area contributed by atoms with Gasteiger partial charge in [0.1, 0.15) is 0 Å². The highest BCUT2D eigenvalue weighted by atomic mass is 16.5. The van der Waals surface area contributed by atoms with Crippen molar-refractivity contribution in [2.45, 2.75) is 39.0 Å². The lowest BCUT2D eigenvalue weighted by Crippen LogP contribution is -2.50. The molecule has 1 fully saturated rings. The summed E-state index contributed by atoms with van der Waals surface area (Å²) in [4.78, 5) is 16.4. The number of piperidine rings is 1. The third-order valence-electron chi connectivity index (χ3n) is 3.71. The maximum absolute atomic E-state index is 12.4. The third-order valence-corrected chi connectivity index (χ3v) is 3.71. The molecule has 0 bridgehead atoms. The minimum Gasteiger partial charge on any atom is -0.355 e. The molecule has 0 aromatic carbocycles. The summed E-state index contributed by atoms with van der Waals surface area (Å²) in [5.74, 6) is 0.715. The van der Waals surface area contributed by atoms with E-state index in [2.05, 4.69) is 27.7 Å². The van der Waals surface area contributed by atoms with E-state index in [1.807, 2.05) is 0 Å². The molecule has 19 heavy (non-hydrogen) atoms. The van der Waals surface area contributed by atoms with Crippen LogP contribution in [0.2, 0.25) is 0 Å². The van der Waals surface area contributed by atoms with Crippen LogP contribution in [-0.2, 0) is 11.2 Å². The van der Waals surface area contributed by atoms with E-state index >= 15 is 0 Å². The van der Waals surface area contributed by atoms with E-state index in [-0.39, 0.29) is 11.3 Å². The van der Waals surface area contributed by atoms with Gasteiger partial charge in [0.2, 0.25) is 11.8 Å². The van der Waals surface area contributed by atoms with Crippen LogP contribution in [0.15, 0.2) is 10.9 Å². The molecule has 0 radical (unpaired) electrons. The highest BCUT2D eigenvalue weighted by molar-refractivity contribution is 5.83. The van der Waals surface area contributed by atoms with Crippen molar-refractivity contribution in [3.63, 3.8) is 0 Å². The Bertz CT molecular complexity index is 380. The van der Waals surface area contributed by atoms with Crippen molar-refractivity contribution >= 4 is 5.91 Å². The van der Waals surface area contributed by atoms with Crippen molar-refractivity contribution in [2.24, 2.45) is 5.41 Å². The molecule has 106 valence electrons. The van der Waals surface area contributed by atoms with E-state index in [0.29, 0.717) is 18.9 Å². The average molecular weight is 266 g/mol. The van der Waals surface area contributed by atoms with Crippen LogP contribution in [0.25, 0.3) is 0 Å². The molecule has 2 N–H and O–H groups in total. The standard InChI is InChI=1S/C13H22N4O2/c1-2-5-13(6-3-7-14-9-13)12(18)15-8-4-11-16-10-17-19-11/h10,14H,2-9H2,1H3,(H,15,18). The second-order valence-corrected chi connectivity index (χ2v) is 5.15. The highest BCUT2D eigenvalue weighted by Crippen LogP contribution is 2.31. The van der Waals surface area contributed by atoms with Gasteiger partial charge < -0.3 is 15.2 Å². The van der Waals surface area contributed by atoms with Gasteiger partial charge in [-0.25, -0.2) is 0 Å². The average Bonchev–Trinajstić information content (AvgIpc) is 2.93. The summed E-state index contributed by atoms with van der Waals surface area (Å²) in [5.41, 5.74) is -0.234.